The van der Waals surface area contributed by atoms with E-state index in [0.29, 0.717) is 5.92 Å². The minimum absolute atomic E-state index is 0.144. The van der Waals surface area contributed by atoms with Crippen molar-refractivity contribution in [1.82, 2.24) is 14.8 Å². The summed E-state index contributed by atoms with van der Waals surface area (Å²) >= 11 is 6.14. The molecule has 1 aliphatic rings. The van der Waals surface area contributed by atoms with Crippen LogP contribution >= 0.6 is 11.6 Å². The molecule has 1 heterocycles. The van der Waals surface area contributed by atoms with Crippen molar-refractivity contribution in [3.63, 3.8) is 0 Å². The van der Waals surface area contributed by atoms with Gasteiger partial charge in [-0.15, -0.1) is 21.8 Å². The number of hydrogen-bond acceptors (Lipinski definition) is 2. The van der Waals surface area contributed by atoms with Crippen LogP contribution in [0.15, 0.2) is 12.4 Å². The maximum atomic E-state index is 6.14. The highest BCUT2D eigenvalue weighted by Gasteiger charge is 2.20. The number of allylic oxidation sites excluding steroid dienone is 2. The Balaban J connectivity index is 2.30. The molecular formula is C10H14ClN3. The molecule has 0 radical (unpaired) electrons. The van der Waals surface area contributed by atoms with E-state index in [1.54, 1.807) is 6.33 Å². The average Bonchev–Trinajstić information content (AvgIpc) is 2.49. The van der Waals surface area contributed by atoms with E-state index in [1.165, 1.54) is 5.57 Å². The molecule has 0 aliphatic heterocycles. The Morgan fingerprint density at radius 3 is 2.93 bits per heavy atom. The number of hydrogen-bond donors (Lipinski definition) is 0. The van der Waals surface area contributed by atoms with Crippen molar-refractivity contribution in [2.75, 3.05) is 0 Å². The van der Waals surface area contributed by atoms with Crippen LogP contribution < -0.4 is 0 Å². The molecule has 3 nitrogen and oxygen atoms in total. The van der Waals surface area contributed by atoms with Gasteiger partial charge in [-0.1, -0.05) is 13.0 Å². The summed E-state index contributed by atoms with van der Waals surface area (Å²) in [7, 11) is 1.96. The van der Waals surface area contributed by atoms with E-state index in [4.69, 9.17) is 11.6 Å². The van der Waals surface area contributed by atoms with E-state index < -0.39 is 0 Å². The average molecular weight is 212 g/mol. The van der Waals surface area contributed by atoms with Gasteiger partial charge in [0.25, 0.3) is 0 Å². The van der Waals surface area contributed by atoms with Gasteiger partial charge in [-0.25, -0.2) is 0 Å². The summed E-state index contributed by atoms with van der Waals surface area (Å²) in [5.74, 6) is 1.58. The lowest BCUT2D eigenvalue weighted by Gasteiger charge is -2.21. The van der Waals surface area contributed by atoms with Crippen molar-refractivity contribution in [2.45, 2.75) is 25.1 Å². The highest BCUT2D eigenvalue weighted by molar-refractivity contribution is 6.22. The molecule has 0 fully saturated rings. The second kappa shape index (κ2) is 3.73. The second-order valence-corrected chi connectivity index (χ2v) is 4.58. The number of alkyl halides is 1. The molecule has 4 heteroatoms. The molecule has 0 saturated heterocycles. The van der Waals surface area contributed by atoms with Crippen molar-refractivity contribution >= 4 is 17.2 Å². The zero-order valence-electron chi connectivity index (χ0n) is 8.44. The smallest absolute Gasteiger partial charge is 0.159 e. The van der Waals surface area contributed by atoms with Crippen molar-refractivity contribution in [3.8, 4) is 0 Å². The van der Waals surface area contributed by atoms with Crippen LogP contribution in [-0.4, -0.2) is 20.1 Å². The Morgan fingerprint density at radius 1 is 1.57 bits per heavy atom. The van der Waals surface area contributed by atoms with Crippen molar-refractivity contribution in [2.24, 2.45) is 13.0 Å². The molecular weight excluding hydrogens is 198 g/mol. The number of aryl methyl sites for hydroxylation is 1. The fourth-order valence-corrected chi connectivity index (χ4v) is 2.39. The number of aromatic nitrogens is 3. The zero-order chi connectivity index (χ0) is 10.1. The van der Waals surface area contributed by atoms with E-state index in [-0.39, 0.29) is 5.38 Å². The Hall–Kier alpha value is -0.830. The highest BCUT2D eigenvalue weighted by atomic mass is 35.5. The minimum atomic E-state index is 0.144. The third-order valence-electron chi connectivity index (χ3n) is 2.58. The molecule has 0 bridgehead atoms. The summed E-state index contributed by atoms with van der Waals surface area (Å²) in [6, 6.07) is 0. The number of nitrogens with zero attached hydrogens (tertiary/aromatic N) is 3. The van der Waals surface area contributed by atoms with Gasteiger partial charge in [0, 0.05) is 7.05 Å². The van der Waals surface area contributed by atoms with Crippen LogP contribution in [-0.2, 0) is 7.05 Å². The summed E-state index contributed by atoms with van der Waals surface area (Å²) in [6.45, 7) is 2.22. The van der Waals surface area contributed by atoms with Gasteiger partial charge >= 0.3 is 0 Å². The fraction of sp³-hybridized carbons (Fsp3) is 0.600. The lowest BCUT2D eigenvalue weighted by atomic mass is 9.89. The van der Waals surface area contributed by atoms with Crippen LogP contribution in [0.1, 0.15) is 25.6 Å². The molecule has 0 spiro atoms. The molecule has 2 atom stereocenters. The van der Waals surface area contributed by atoms with Gasteiger partial charge in [-0.05, 0) is 24.3 Å². The summed E-state index contributed by atoms with van der Waals surface area (Å²) in [5.41, 5.74) is 1.23. The van der Waals surface area contributed by atoms with Gasteiger partial charge in [-0.3, -0.25) is 0 Å². The molecule has 0 saturated carbocycles. The Bertz CT molecular complexity index is 356. The van der Waals surface area contributed by atoms with E-state index >= 15 is 0 Å². The van der Waals surface area contributed by atoms with Crippen LogP contribution in [0.4, 0.5) is 0 Å². The van der Waals surface area contributed by atoms with Crippen LogP contribution in [0, 0.1) is 5.92 Å². The minimum Gasteiger partial charge on any atom is -0.317 e. The first-order chi connectivity index (χ1) is 6.66. The van der Waals surface area contributed by atoms with Gasteiger partial charge in [0.2, 0.25) is 0 Å². The highest BCUT2D eigenvalue weighted by Crippen LogP contribution is 2.31. The molecule has 2 rings (SSSR count). The summed E-state index contributed by atoms with van der Waals surface area (Å²) in [4.78, 5) is 0. The first-order valence-electron chi connectivity index (χ1n) is 4.86. The fourth-order valence-electron chi connectivity index (χ4n) is 1.94. The molecule has 1 aliphatic carbocycles. The Morgan fingerprint density at radius 2 is 2.36 bits per heavy atom. The normalized spacial score (nSPS) is 27.5. The van der Waals surface area contributed by atoms with E-state index in [1.807, 2.05) is 11.6 Å². The predicted octanol–water partition coefficient (Wildman–Crippen LogP) is 2.24. The zero-order valence-corrected chi connectivity index (χ0v) is 9.20. The SMILES string of the molecule is CC1CC(c2nncn2C)=CC(Cl)C1. The third kappa shape index (κ3) is 1.82. The summed E-state index contributed by atoms with van der Waals surface area (Å²) in [6.07, 6.45) is 5.93. The molecule has 2 unspecified atom stereocenters. The van der Waals surface area contributed by atoms with Gasteiger partial charge < -0.3 is 4.57 Å². The third-order valence-corrected chi connectivity index (χ3v) is 2.88. The molecule has 1 aromatic rings. The van der Waals surface area contributed by atoms with Crippen molar-refractivity contribution in [1.29, 1.82) is 0 Å². The van der Waals surface area contributed by atoms with Gasteiger partial charge in [0.15, 0.2) is 5.82 Å². The van der Waals surface area contributed by atoms with Crippen LogP contribution in [0.2, 0.25) is 0 Å². The van der Waals surface area contributed by atoms with Crippen molar-refractivity contribution < 1.29 is 0 Å². The second-order valence-electron chi connectivity index (χ2n) is 4.02. The summed E-state index contributed by atoms with van der Waals surface area (Å²) in [5, 5.41) is 8.11. The molecule has 0 N–H and O–H groups in total. The monoisotopic (exact) mass is 211 g/mol. The maximum Gasteiger partial charge on any atom is 0.159 e. The number of rotatable bonds is 1. The topological polar surface area (TPSA) is 30.7 Å². The Kier molecular flexibility index (Phi) is 2.59. The van der Waals surface area contributed by atoms with E-state index in [0.717, 1.165) is 18.7 Å². The van der Waals surface area contributed by atoms with Gasteiger partial charge in [-0.2, -0.15) is 0 Å². The quantitative estimate of drug-likeness (QED) is 0.667. The summed E-state index contributed by atoms with van der Waals surface area (Å²) < 4.78 is 1.94. The standard InChI is InChI=1S/C10H14ClN3/c1-7-3-8(5-9(11)4-7)10-13-12-6-14(10)2/h5-7,9H,3-4H2,1-2H3. The first kappa shape index (κ1) is 9.71. The van der Waals surface area contributed by atoms with E-state index in [2.05, 4.69) is 23.2 Å². The van der Waals surface area contributed by atoms with Crippen molar-refractivity contribution in [3.05, 3.63) is 18.2 Å². The van der Waals surface area contributed by atoms with Gasteiger partial charge in [0.05, 0.1) is 5.38 Å². The molecule has 0 amide bonds. The molecule has 1 aromatic heterocycles. The van der Waals surface area contributed by atoms with Gasteiger partial charge in [0.1, 0.15) is 6.33 Å². The van der Waals surface area contributed by atoms with Crippen LogP contribution in [0.3, 0.4) is 0 Å². The predicted molar refractivity (Wildman–Crippen MR) is 57.0 cm³/mol. The Labute approximate surface area is 88.8 Å². The largest absolute Gasteiger partial charge is 0.317 e. The van der Waals surface area contributed by atoms with Crippen LogP contribution in [0.5, 0.6) is 0 Å². The molecule has 76 valence electrons. The maximum absolute atomic E-state index is 6.14. The van der Waals surface area contributed by atoms with Crippen LogP contribution in [0.25, 0.3) is 5.57 Å². The number of halogens is 1. The lowest BCUT2D eigenvalue weighted by Crippen LogP contribution is -2.13. The molecule has 14 heavy (non-hydrogen) atoms. The van der Waals surface area contributed by atoms with E-state index in [9.17, 15) is 0 Å². The first-order valence-corrected chi connectivity index (χ1v) is 5.29. The lowest BCUT2D eigenvalue weighted by molar-refractivity contribution is 0.537. The molecule has 0 aromatic carbocycles.